The molecule has 146 valence electrons. The van der Waals surface area contributed by atoms with Crippen molar-refractivity contribution in [2.24, 2.45) is 0 Å². The fourth-order valence-electron chi connectivity index (χ4n) is 3.28. The van der Waals surface area contributed by atoms with Crippen molar-refractivity contribution in [3.05, 3.63) is 81.7 Å². The van der Waals surface area contributed by atoms with Gasteiger partial charge in [0.25, 0.3) is 11.8 Å². The Morgan fingerprint density at radius 1 is 0.966 bits per heavy atom. The maximum absolute atomic E-state index is 13.4. The van der Waals surface area contributed by atoms with E-state index in [-0.39, 0.29) is 17.5 Å². The number of ether oxygens (including phenoxy) is 1. The molecule has 0 bridgehead atoms. The van der Waals surface area contributed by atoms with Gasteiger partial charge in [-0.2, -0.15) is 0 Å². The first-order valence-electron chi connectivity index (χ1n) is 9.15. The van der Waals surface area contributed by atoms with E-state index in [9.17, 15) is 9.59 Å². The zero-order valence-electron chi connectivity index (χ0n) is 16.4. The van der Waals surface area contributed by atoms with Crippen LogP contribution < -0.4 is 15.0 Å². The number of carbonyl (C=O) groups is 2. The van der Waals surface area contributed by atoms with Crippen LogP contribution in [0.3, 0.4) is 0 Å². The second kappa shape index (κ2) is 7.56. The normalized spacial score (nSPS) is 14.0. The first kappa shape index (κ1) is 19.0. The second-order valence-corrected chi connectivity index (χ2v) is 7.77. The van der Waals surface area contributed by atoms with Gasteiger partial charge >= 0.3 is 0 Å². The second-order valence-electron chi connectivity index (χ2n) is 6.82. The van der Waals surface area contributed by atoms with Gasteiger partial charge in [0.15, 0.2) is 0 Å². The SMILES string of the molecule is COc1cccc(N2C(=O)C(Nc3cc(C)ccc3C)=C(c3cccs3)C2=O)c1. The molecule has 0 fully saturated rings. The highest BCUT2D eigenvalue weighted by Gasteiger charge is 2.41. The van der Waals surface area contributed by atoms with Gasteiger partial charge in [-0.25, -0.2) is 4.90 Å². The van der Waals surface area contributed by atoms with Gasteiger partial charge in [0.2, 0.25) is 0 Å². The first-order chi connectivity index (χ1) is 14.0. The maximum atomic E-state index is 13.4. The lowest BCUT2D eigenvalue weighted by Crippen LogP contribution is -2.32. The number of amides is 2. The van der Waals surface area contributed by atoms with Gasteiger partial charge in [-0.1, -0.05) is 24.3 Å². The summed E-state index contributed by atoms with van der Waals surface area (Å²) in [5.41, 5.74) is 4.02. The van der Waals surface area contributed by atoms with Crippen molar-refractivity contribution >= 4 is 40.1 Å². The van der Waals surface area contributed by atoms with Gasteiger partial charge in [-0.15, -0.1) is 11.3 Å². The van der Waals surface area contributed by atoms with E-state index in [1.807, 2.05) is 49.6 Å². The molecule has 2 heterocycles. The fourth-order valence-corrected chi connectivity index (χ4v) is 4.05. The van der Waals surface area contributed by atoms with E-state index in [2.05, 4.69) is 5.32 Å². The molecule has 3 aromatic rings. The number of benzene rings is 2. The molecule has 29 heavy (non-hydrogen) atoms. The monoisotopic (exact) mass is 404 g/mol. The number of hydrogen-bond acceptors (Lipinski definition) is 5. The molecule has 6 heteroatoms. The number of rotatable bonds is 5. The highest BCUT2D eigenvalue weighted by molar-refractivity contribution is 7.11. The number of aryl methyl sites for hydroxylation is 2. The average molecular weight is 404 g/mol. The first-order valence-corrected chi connectivity index (χ1v) is 10.0. The summed E-state index contributed by atoms with van der Waals surface area (Å²) in [6.45, 7) is 3.96. The lowest BCUT2D eigenvalue weighted by molar-refractivity contribution is -0.120. The molecular weight excluding hydrogens is 384 g/mol. The Morgan fingerprint density at radius 2 is 1.79 bits per heavy atom. The summed E-state index contributed by atoms with van der Waals surface area (Å²) in [4.78, 5) is 28.7. The molecule has 1 aliphatic heterocycles. The lowest BCUT2D eigenvalue weighted by Gasteiger charge is -2.16. The molecule has 4 rings (SSSR count). The number of hydrogen-bond donors (Lipinski definition) is 1. The smallest absolute Gasteiger partial charge is 0.282 e. The highest BCUT2D eigenvalue weighted by Crippen LogP contribution is 2.36. The van der Waals surface area contributed by atoms with Crippen LogP contribution in [0.2, 0.25) is 0 Å². The molecule has 0 unspecified atom stereocenters. The summed E-state index contributed by atoms with van der Waals surface area (Å²) >= 11 is 1.43. The molecule has 0 spiro atoms. The number of nitrogens with one attached hydrogen (secondary N) is 1. The van der Waals surface area contributed by atoms with Crippen LogP contribution in [-0.4, -0.2) is 18.9 Å². The van der Waals surface area contributed by atoms with Crippen LogP contribution in [0.5, 0.6) is 5.75 Å². The van der Waals surface area contributed by atoms with Crippen LogP contribution in [0.1, 0.15) is 16.0 Å². The molecular formula is C23H20N2O3S. The summed E-state index contributed by atoms with van der Waals surface area (Å²) in [5, 5.41) is 5.13. The Balaban J connectivity index is 1.82. The molecule has 1 aromatic heterocycles. The Morgan fingerprint density at radius 3 is 2.52 bits per heavy atom. The van der Waals surface area contributed by atoms with Crippen LogP contribution in [0, 0.1) is 13.8 Å². The molecule has 1 N–H and O–H groups in total. The Kier molecular flexibility index (Phi) is 4.94. The van der Waals surface area contributed by atoms with Crippen LogP contribution in [0.4, 0.5) is 11.4 Å². The third-order valence-corrected chi connectivity index (χ3v) is 5.70. The van der Waals surface area contributed by atoms with Gasteiger partial charge < -0.3 is 10.1 Å². The summed E-state index contributed by atoms with van der Waals surface area (Å²) in [6, 6.07) is 16.6. The van der Waals surface area contributed by atoms with Gasteiger partial charge in [0.05, 0.1) is 18.4 Å². The van der Waals surface area contributed by atoms with Crippen molar-refractivity contribution in [1.29, 1.82) is 0 Å². The molecule has 0 atom stereocenters. The summed E-state index contributed by atoms with van der Waals surface area (Å²) < 4.78 is 5.26. The van der Waals surface area contributed by atoms with Gasteiger partial charge in [-0.05, 0) is 54.6 Å². The van der Waals surface area contributed by atoms with E-state index >= 15 is 0 Å². The predicted molar refractivity (Wildman–Crippen MR) is 116 cm³/mol. The van der Waals surface area contributed by atoms with Gasteiger partial charge in [-0.3, -0.25) is 9.59 Å². The Bertz CT molecular complexity index is 1130. The lowest BCUT2D eigenvalue weighted by atomic mass is 10.1. The van der Waals surface area contributed by atoms with Gasteiger partial charge in [0.1, 0.15) is 11.4 Å². The zero-order chi connectivity index (χ0) is 20.5. The molecule has 1 aliphatic rings. The summed E-state index contributed by atoms with van der Waals surface area (Å²) in [6.07, 6.45) is 0. The Labute approximate surface area is 173 Å². The number of methoxy groups -OCH3 is 1. The van der Waals surface area contributed by atoms with Crippen molar-refractivity contribution in [2.45, 2.75) is 13.8 Å². The maximum Gasteiger partial charge on any atom is 0.282 e. The molecule has 0 saturated carbocycles. The number of anilines is 2. The molecule has 5 nitrogen and oxygen atoms in total. The van der Waals surface area contributed by atoms with Crippen molar-refractivity contribution < 1.29 is 14.3 Å². The molecule has 0 saturated heterocycles. The van der Waals surface area contributed by atoms with Crippen LogP contribution in [0.25, 0.3) is 5.57 Å². The quantitative estimate of drug-likeness (QED) is 0.623. The molecule has 2 aromatic carbocycles. The van der Waals surface area contributed by atoms with Crippen molar-refractivity contribution in [3.8, 4) is 5.75 Å². The number of nitrogens with zero attached hydrogens (tertiary/aromatic N) is 1. The van der Waals surface area contributed by atoms with E-state index in [0.717, 1.165) is 21.7 Å². The van der Waals surface area contributed by atoms with Crippen LogP contribution >= 0.6 is 11.3 Å². The summed E-state index contributed by atoms with van der Waals surface area (Å²) in [7, 11) is 1.55. The highest BCUT2D eigenvalue weighted by atomic mass is 32.1. The summed E-state index contributed by atoms with van der Waals surface area (Å²) in [5.74, 6) is -0.150. The third-order valence-electron chi connectivity index (χ3n) is 4.82. The minimum absolute atomic E-state index is 0.286. The van der Waals surface area contributed by atoms with Crippen molar-refractivity contribution in [2.75, 3.05) is 17.3 Å². The van der Waals surface area contributed by atoms with Crippen LogP contribution in [0.15, 0.2) is 65.7 Å². The van der Waals surface area contributed by atoms with Crippen molar-refractivity contribution in [1.82, 2.24) is 0 Å². The average Bonchev–Trinajstić information content (AvgIpc) is 3.32. The topological polar surface area (TPSA) is 58.6 Å². The van der Waals surface area contributed by atoms with E-state index in [1.165, 1.54) is 16.2 Å². The van der Waals surface area contributed by atoms with E-state index in [4.69, 9.17) is 4.74 Å². The third kappa shape index (κ3) is 3.43. The molecule has 0 radical (unpaired) electrons. The number of carbonyl (C=O) groups excluding carboxylic acids is 2. The standard InChI is InChI=1S/C23H20N2O3S/c1-14-9-10-15(2)18(12-14)24-21-20(19-8-5-11-29-19)22(26)25(23(21)27)16-6-4-7-17(13-16)28-3/h4-13,24H,1-3H3. The van der Waals surface area contributed by atoms with Crippen LogP contribution in [-0.2, 0) is 9.59 Å². The van der Waals surface area contributed by atoms with Crippen molar-refractivity contribution in [3.63, 3.8) is 0 Å². The molecule has 2 amide bonds. The molecule has 0 aliphatic carbocycles. The largest absolute Gasteiger partial charge is 0.497 e. The van der Waals surface area contributed by atoms with E-state index < -0.39 is 0 Å². The zero-order valence-corrected chi connectivity index (χ0v) is 17.2. The fraction of sp³-hybridized carbons (Fsp3) is 0.130. The number of imide groups is 1. The Hall–Kier alpha value is -3.38. The van der Waals surface area contributed by atoms with E-state index in [0.29, 0.717) is 17.0 Å². The number of thiophene rings is 1. The minimum Gasteiger partial charge on any atom is -0.497 e. The van der Waals surface area contributed by atoms with E-state index in [1.54, 1.807) is 31.4 Å². The predicted octanol–water partition coefficient (Wildman–Crippen LogP) is 4.77. The minimum atomic E-state index is -0.382. The van der Waals surface area contributed by atoms with Gasteiger partial charge in [0, 0.05) is 16.6 Å².